The van der Waals surface area contributed by atoms with Crippen LogP contribution in [-0.4, -0.2) is 68.3 Å². The van der Waals surface area contributed by atoms with E-state index in [-0.39, 0.29) is 12.0 Å². The molecule has 35 heavy (non-hydrogen) atoms. The third-order valence-corrected chi connectivity index (χ3v) is 7.86. The van der Waals surface area contributed by atoms with E-state index in [2.05, 4.69) is 30.0 Å². The van der Waals surface area contributed by atoms with Crippen molar-refractivity contribution >= 4 is 23.4 Å². The van der Waals surface area contributed by atoms with E-state index in [1.54, 1.807) is 23.5 Å². The minimum absolute atomic E-state index is 0.204. The van der Waals surface area contributed by atoms with Gasteiger partial charge in [0, 0.05) is 61.5 Å². The summed E-state index contributed by atoms with van der Waals surface area (Å²) in [4.78, 5) is 14.8. The van der Waals surface area contributed by atoms with Gasteiger partial charge in [-0.1, -0.05) is 11.6 Å². The summed E-state index contributed by atoms with van der Waals surface area (Å²) in [6, 6.07) is 5.66. The first kappa shape index (κ1) is 21.4. The van der Waals surface area contributed by atoms with Crippen molar-refractivity contribution in [1.29, 1.82) is 0 Å². The number of benzene rings is 1. The Balaban J connectivity index is 1.14. The standard InChI is InChI=1S/C24H25ClF2N8/c25-18-3-4-19-16(7-18)9-32(15-24(26,27)17-1-2-17)10-21-30-31-22(35(19)21)34-13-23(14-34)11-33(12-23)20-8-28-5-6-29-20/h3-8,17H,1-2,9-15H2. The molecule has 11 heteroatoms. The van der Waals surface area contributed by atoms with Crippen molar-refractivity contribution in [3.05, 3.63) is 53.2 Å². The fourth-order valence-corrected chi connectivity index (χ4v) is 5.98. The molecule has 2 saturated heterocycles. The van der Waals surface area contributed by atoms with Gasteiger partial charge in [0.25, 0.3) is 5.92 Å². The molecule has 7 rings (SSSR count). The maximum Gasteiger partial charge on any atom is 0.263 e. The predicted octanol–water partition coefficient (Wildman–Crippen LogP) is 3.40. The third-order valence-electron chi connectivity index (χ3n) is 7.62. The van der Waals surface area contributed by atoms with Gasteiger partial charge in [0.2, 0.25) is 5.95 Å². The van der Waals surface area contributed by atoms with Crippen LogP contribution < -0.4 is 9.80 Å². The third kappa shape index (κ3) is 3.65. The van der Waals surface area contributed by atoms with Crippen molar-refractivity contribution in [1.82, 2.24) is 29.6 Å². The number of fused-ring (bicyclic) bond motifs is 3. The Hall–Kier alpha value is -2.85. The molecule has 0 unspecified atom stereocenters. The van der Waals surface area contributed by atoms with Crippen LogP contribution >= 0.6 is 11.6 Å². The minimum atomic E-state index is -2.69. The zero-order chi connectivity index (χ0) is 23.8. The van der Waals surface area contributed by atoms with Gasteiger partial charge in [-0.05, 0) is 36.6 Å². The number of nitrogens with zero attached hydrogens (tertiary/aromatic N) is 8. The lowest BCUT2D eigenvalue weighted by molar-refractivity contribution is -0.0558. The largest absolute Gasteiger partial charge is 0.354 e. The van der Waals surface area contributed by atoms with Crippen molar-refractivity contribution in [2.75, 3.05) is 42.5 Å². The topological polar surface area (TPSA) is 66.2 Å². The van der Waals surface area contributed by atoms with Crippen LogP contribution in [0.15, 0.2) is 36.8 Å². The van der Waals surface area contributed by atoms with Gasteiger partial charge in [-0.2, -0.15) is 0 Å². The van der Waals surface area contributed by atoms with E-state index >= 15 is 0 Å². The van der Waals surface area contributed by atoms with Gasteiger partial charge in [0.1, 0.15) is 5.82 Å². The van der Waals surface area contributed by atoms with E-state index in [9.17, 15) is 8.78 Å². The van der Waals surface area contributed by atoms with Crippen LogP contribution in [0.3, 0.4) is 0 Å². The van der Waals surface area contributed by atoms with Crippen LogP contribution in [-0.2, 0) is 13.1 Å². The molecule has 0 atom stereocenters. The normalized spacial score (nSPS) is 21.2. The Labute approximate surface area is 206 Å². The molecule has 3 aliphatic heterocycles. The van der Waals surface area contributed by atoms with Crippen molar-refractivity contribution in [2.45, 2.75) is 31.9 Å². The lowest BCUT2D eigenvalue weighted by atomic mass is 9.73. The monoisotopic (exact) mass is 498 g/mol. The average Bonchev–Trinajstić information content (AvgIpc) is 3.58. The summed E-state index contributed by atoms with van der Waals surface area (Å²) in [5, 5.41) is 9.57. The zero-order valence-corrected chi connectivity index (χ0v) is 19.9. The van der Waals surface area contributed by atoms with Crippen LogP contribution in [0.25, 0.3) is 5.69 Å². The average molecular weight is 499 g/mol. The summed E-state index contributed by atoms with van der Waals surface area (Å²) in [6.45, 7) is 4.04. The highest BCUT2D eigenvalue weighted by molar-refractivity contribution is 6.30. The lowest BCUT2D eigenvalue weighted by Crippen LogP contribution is -2.73. The second-order valence-electron chi connectivity index (χ2n) is 10.5. The highest BCUT2D eigenvalue weighted by Crippen LogP contribution is 2.45. The summed E-state index contributed by atoms with van der Waals surface area (Å²) in [5.74, 6) is -0.841. The summed E-state index contributed by atoms with van der Waals surface area (Å²) in [5.41, 5.74) is 2.03. The Morgan fingerprint density at radius 2 is 1.83 bits per heavy atom. The van der Waals surface area contributed by atoms with Crippen LogP contribution in [0.2, 0.25) is 5.02 Å². The first-order chi connectivity index (χ1) is 16.9. The summed E-state index contributed by atoms with van der Waals surface area (Å²) in [7, 11) is 0. The van der Waals surface area contributed by atoms with Crippen LogP contribution in [0.4, 0.5) is 20.5 Å². The molecule has 0 bridgehead atoms. The zero-order valence-electron chi connectivity index (χ0n) is 19.1. The number of rotatable bonds is 5. The molecule has 0 radical (unpaired) electrons. The maximum atomic E-state index is 14.7. The van der Waals surface area contributed by atoms with E-state index < -0.39 is 11.8 Å². The van der Waals surface area contributed by atoms with Crippen LogP contribution in [0, 0.1) is 11.3 Å². The van der Waals surface area contributed by atoms with Crippen molar-refractivity contribution in [3.63, 3.8) is 0 Å². The lowest BCUT2D eigenvalue weighted by Gasteiger charge is -2.60. The van der Waals surface area contributed by atoms with Gasteiger partial charge in [0.05, 0.1) is 25.0 Å². The quantitative estimate of drug-likeness (QED) is 0.534. The number of hydrogen-bond acceptors (Lipinski definition) is 7. The molecule has 5 heterocycles. The number of halogens is 3. The van der Waals surface area contributed by atoms with Gasteiger partial charge in [0.15, 0.2) is 5.82 Å². The van der Waals surface area contributed by atoms with Gasteiger partial charge >= 0.3 is 0 Å². The first-order valence-corrected chi connectivity index (χ1v) is 12.4. The summed E-state index contributed by atoms with van der Waals surface area (Å²) in [6.07, 6.45) is 6.40. The van der Waals surface area contributed by atoms with Crippen LogP contribution in [0.5, 0.6) is 0 Å². The molecule has 8 nitrogen and oxygen atoms in total. The minimum Gasteiger partial charge on any atom is -0.354 e. The van der Waals surface area contributed by atoms with E-state index in [4.69, 9.17) is 11.6 Å². The maximum absolute atomic E-state index is 14.7. The smallest absolute Gasteiger partial charge is 0.263 e. The number of aromatic nitrogens is 5. The number of hydrogen-bond donors (Lipinski definition) is 0. The molecule has 1 spiro atoms. The molecule has 4 aliphatic rings. The fourth-order valence-electron chi connectivity index (χ4n) is 5.79. The fraction of sp³-hybridized carbons (Fsp3) is 0.500. The van der Waals surface area contributed by atoms with Gasteiger partial charge in [-0.25, -0.2) is 13.8 Å². The molecule has 0 amide bonds. The second-order valence-corrected chi connectivity index (χ2v) is 10.9. The molecular formula is C24H25ClF2N8. The molecule has 182 valence electrons. The predicted molar refractivity (Wildman–Crippen MR) is 127 cm³/mol. The Bertz CT molecular complexity index is 1260. The molecule has 1 aliphatic carbocycles. The Morgan fingerprint density at radius 1 is 1.03 bits per heavy atom. The van der Waals surface area contributed by atoms with Crippen molar-refractivity contribution < 1.29 is 8.78 Å². The molecule has 2 aromatic heterocycles. The van der Waals surface area contributed by atoms with Crippen LogP contribution in [0.1, 0.15) is 24.2 Å². The van der Waals surface area contributed by atoms with E-state index in [1.807, 2.05) is 22.8 Å². The van der Waals surface area contributed by atoms with Gasteiger partial charge in [-0.15, -0.1) is 10.2 Å². The molecule has 1 aromatic carbocycles. The molecule has 3 aromatic rings. The van der Waals surface area contributed by atoms with Crippen molar-refractivity contribution in [3.8, 4) is 5.69 Å². The Kier molecular flexibility index (Phi) is 4.64. The number of alkyl halides is 2. The highest BCUT2D eigenvalue weighted by atomic mass is 35.5. The SMILES string of the molecule is FC(F)(CN1Cc2cc(Cl)ccc2-n2c(nnc2N2CC3(CN(c4cnccn4)C3)C2)C1)C1CC1. The van der Waals surface area contributed by atoms with Gasteiger partial charge in [-0.3, -0.25) is 14.5 Å². The summed E-state index contributed by atoms with van der Waals surface area (Å²) < 4.78 is 31.5. The first-order valence-electron chi connectivity index (χ1n) is 12.0. The van der Waals surface area contributed by atoms with E-state index in [0.29, 0.717) is 36.8 Å². The Morgan fingerprint density at radius 3 is 2.57 bits per heavy atom. The van der Waals surface area contributed by atoms with Gasteiger partial charge < -0.3 is 9.80 Å². The second kappa shape index (κ2) is 7.57. The molecule has 1 saturated carbocycles. The number of anilines is 2. The van der Waals surface area contributed by atoms with Crippen molar-refractivity contribution in [2.24, 2.45) is 11.3 Å². The highest BCUT2D eigenvalue weighted by Gasteiger charge is 2.54. The molecule has 0 N–H and O–H groups in total. The molecule has 3 fully saturated rings. The van der Waals surface area contributed by atoms with E-state index in [0.717, 1.165) is 49.2 Å². The summed E-state index contributed by atoms with van der Waals surface area (Å²) >= 11 is 6.31. The van der Waals surface area contributed by atoms with E-state index in [1.165, 1.54) is 0 Å². The molecular weight excluding hydrogens is 474 g/mol.